The summed E-state index contributed by atoms with van der Waals surface area (Å²) in [6.07, 6.45) is -3.91. The number of halogens is 3. The Bertz CT molecular complexity index is 413. The second kappa shape index (κ2) is 6.27. The molecule has 100 valence electrons. The average molecular weight is 276 g/mol. The molecule has 0 aliphatic carbocycles. The summed E-state index contributed by atoms with van der Waals surface area (Å²) in [5.41, 5.74) is -0.251. The van der Waals surface area contributed by atoms with Crippen molar-refractivity contribution in [3.05, 3.63) is 29.8 Å². The zero-order valence-corrected chi connectivity index (χ0v) is 11.1. The van der Waals surface area contributed by atoms with E-state index in [1.54, 1.807) is 12.1 Å². The molecule has 0 aliphatic heterocycles. The van der Waals surface area contributed by atoms with E-state index in [2.05, 4.69) is 0 Å². The van der Waals surface area contributed by atoms with Gasteiger partial charge in [-0.3, -0.25) is 4.79 Å². The lowest BCUT2D eigenvalue weighted by Gasteiger charge is -2.10. The summed E-state index contributed by atoms with van der Waals surface area (Å²) in [7, 11) is 0. The summed E-state index contributed by atoms with van der Waals surface area (Å²) in [4.78, 5) is 11.6. The Hall–Kier alpha value is -0.970. The van der Waals surface area contributed by atoms with Gasteiger partial charge in [0, 0.05) is 10.5 Å². The average Bonchev–Trinajstić information content (AvgIpc) is 2.27. The van der Waals surface area contributed by atoms with Gasteiger partial charge in [-0.1, -0.05) is 26.0 Å². The number of Topliss-reactive ketones (excluding diaryl/α,β-unsaturated/α-hetero) is 1. The van der Waals surface area contributed by atoms with E-state index in [0.29, 0.717) is 16.6 Å². The molecular weight excluding hydrogens is 261 g/mol. The van der Waals surface area contributed by atoms with Crippen molar-refractivity contribution in [1.82, 2.24) is 0 Å². The van der Waals surface area contributed by atoms with Crippen LogP contribution in [0.4, 0.5) is 13.2 Å². The number of ketones is 1. The topological polar surface area (TPSA) is 17.1 Å². The van der Waals surface area contributed by atoms with Gasteiger partial charge in [-0.05, 0) is 30.2 Å². The van der Waals surface area contributed by atoms with E-state index < -0.39 is 12.0 Å². The maximum atomic E-state index is 12.4. The molecule has 0 unspecified atom stereocenters. The van der Waals surface area contributed by atoms with Gasteiger partial charge in [0.2, 0.25) is 0 Å². The lowest BCUT2D eigenvalue weighted by Crippen LogP contribution is -2.23. The summed E-state index contributed by atoms with van der Waals surface area (Å²) in [6, 6.07) is 5.88. The lowest BCUT2D eigenvalue weighted by atomic mass is 10.1. The van der Waals surface area contributed by atoms with E-state index in [4.69, 9.17) is 0 Å². The molecule has 0 saturated heterocycles. The van der Waals surface area contributed by atoms with Crippen molar-refractivity contribution < 1.29 is 18.0 Å². The number of alkyl halides is 3. The first-order valence-electron chi connectivity index (χ1n) is 5.65. The fourth-order valence-electron chi connectivity index (χ4n) is 1.34. The van der Waals surface area contributed by atoms with E-state index in [0.717, 1.165) is 6.42 Å². The largest absolute Gasteiger partial charge is 0.454 e. The Kier molecular flexibility index (Phi) is 5.26. The number of benzene rings is 1. The van der Waals surface area contributed by atoms with Gasteiger partial charge in [0.25, 0.3) is 5.78 Å². The van der Waals surface area contributed by atoms with Gasteiger partial charge >= 0.3 is 6.18 Å². The van der Waals surface area contributed by atoms with Crippen LogP contribution in [0.25, 0.3) is 0 Å². The third-order valence-electron chi connectivity index (χ3n) is 2.34. The standard InChI is InChI=1S/C13H15F3OS/c1-9(2)7-8-18-11-6-4-3-5-10(11)12(17)13(14,15)16/h3-6,9H,7-8H2,1-2H3. The molecule has 0 aliphatic rings. The van der Waals surface area contributed by atoms with Crippen molar-refractivity contribution in [3.8, 4) is 0 Å². The predicted octanol–water partition coefficient (Wildman–Crippen LogP) is 4.57. The molecule has 0 fully saturated rings. The molecule has 0 amide bonds. The molecule has 0 heterocycles. The number of carbonyl (C=O) groups excluding carboxylic acids is 1. The number of thioether (sulfide) groups is 1. The van der Waals surface area contributed by atoms with Crippen LogP contribution in [0.2, 0.25) is 0 Å². The van der Waals surface area contributed by atoms with Crippen molar-refractivity contribution >= 4 is 17.5 Å². The molecule has 1 nitrogen and oxygen atoms in total. The fraction of sp³-hybridized carbons (Fsp3) is 0.462. The van der Waals surface area contributed by atoms with Gasteiger partial charge < -0.3 is 0 Å². The second-order valence-electron chi connectivity index (χ2n) is 4.35. The van der Waals surface area contributed by atoms with Crippen LogP contribution in [0.3, 0.4) is 0 Å². The highest BCUT2D eigenvalue weighted by Crippen LogP contribution is 2.29. The highest BCUT2D eigenvalue weighted by molar-refractivity contribution is 7.99. The van der Waals surface area contributed by atoms with Crippen molar-refractivity contribution in [1.29, 1.82) is 0 Å². The van der Waals surface area contributed by atoms with Gasteiger partial charge in [-0.2, -0.15) is 13.2 Å². The molecule has 0 spiro atoms. The Morgan fingerprint density at radius 2 is 1.89 bits per heavy atom. The molecule has 0 aromatic heterocycles. The fourth-order valence-corrected chi connectivity index (χ4v) is 2.64. The zero-order valence-electron chi connectivity index (χ0n) is 10.3. The van der Waals surface area contributed by atoms with Gasteiger partial charge in [-0.15, -0.1) is 11.8 Å². The maximum Gasteiger partial charge on any atom is 0.454 e. The maximum absolute atomic E-state index is 12.4. The molecule has 1 rings (SSSR count). The summed E-state index contributed by atoms with van der Waals surface area (Å²) < 4.78 is 37.2. The molecule has 0 atom stereocenters. The van der Waals surface area contributed by atoms with Crippen LogP contribution < -0.4 is 0 Å². The highest BCUT2D eigenvalue weighted by Gasteiger charge is 2.40. The Morgan fingerprint density at radius 3 is 2.44 bits per heavy atom. The van der Waals surface area contributed by atoms with Gasteiger partial charge in [0.15, 0.2) is 0 Å². The smallest absolute Gasteiger partial charge is 0.284 e. The van der Waals surface area contributed by atoms with E-state index >= 15 is 0 Å². The van der Waals surface area contributed by atoms with Crippen LogP contribution in [-0.4, -0.2) is 17.7 Å². The van der Waals surface area contributed by atoms with Crippen molar-refractivity contribution in [3.63, 3.8) is 0 Å². The Balaban J connectivity index is 2.83. The van der Waals surface area contributed by atoms with Crippen LogP contribution >= 0.6 is 11.8 Å². The normalized spacial score (nSPS) is 11.9. The zero-order chi connectivity index (χ0) is 13.8. The summed E-state index contributed by atoms with van der Waals surface area (Å²) >= 11 is 1.30. The quantitative estimate of drug-likeness (QED) is 0.579. The van der Waals surface area contributed by atoms with Crippen molar-refractivity contribution in [2.45, 2.75) is 31.3 Å². The predicted molar refractivity (Wildman–Crippen MR) is 67.0 cm³/mol. The van der Waals surface area contributed by atoms with Gasteiger partial charge in [0.05, 0.1) is 0 Å². The summed E-state index contributed by atoms with van der Waals surface area (Å²) in [5, 5.41) is 0. The molecule has 1 aromatic rings. The first-order valence-corrected chi connectivity index (χ1v) is 6.64. The first-order chi connectivity index (χ1) is 8.32. The highest BCUT2D eigenvalue weighted by atomic mass is 32.2. The number of carbonyl (C=O) groups is 1. The van der Waals surface area contributed by atoms with Crippen LogP contribution in [-0.2, 0) is 0 Å². The monoisotopic (exact) mass is 276 g/mol. The van der Waals surface area contributed by atoms with Crippen LogP contribution in [0.5, 0.6) is 0 Å². The van der Waals surface area contributed by atoms with Gasteiger partial charge in [0.1, 0.15) is 0 Å². The van der Waals surface area contributed by atoms with Crippen LogP contribution in [0.1, 0.15) is 30.6 Å². The van der Waals surface area contributed by atoms with E-state index in [1.807, 2.05) is 13.8 Å². The van der Waals surface area contributed by atoms with E-state index in [1.165, 1.54) is 23.9 Å². The van der Waals surface area contributed by atoms with Crippen molar-refractivity contribution in [2.24, 2.45) is 5.92 Å². The molecule has 18 heavy (non-hydrogen) atoms. The minimum atomic E-state index is -4.81. The number of hydrogen-bond donors (Lipinski definition) is 0. The summed E-state index contributed by atoms with van der Waals surface area (Å²) in [5.74, 6) is -0.571. The molecule has 1 aromatic carbocycles. The Morgan fingerprint density at radius 1 is 1.28 bits per heavy atom. The summed E-state index contributed by atoms with van der Waals surface area (Å²) in [6.45, 7) is 4.10. The van der Waals surface area contributed by atoms with Crippen LogP contribution in [0.15, 0.2) is 29.2 Å². The third-order valence-corrected chi connectivity index (χ3v) is 3.45. The molecule has 0 bridgehead atoms. The minimum absolute atomic E-state index is 0.251. The van der Waals surface area contributed by atoms with Crippen LogP contribution in [0, 0.1) is 5.92 Å². The molecule has 5 heteroatoms. The van der Waals surface area contributed by atoms with Crippen molar-refractivity contribution in [2.75, 3.05) is 5.75 Å². The minimum Gasteiger partial charge on any atom is -0.284 e. The first kappa shape index (κ1) is 15.1. The van der Waals surface area contributed by atoms with E-state index in [9.17, 15) is 18.0 Å². The van der Waals surface area contributed by atoms with Gasteiger partial charge in [-0.25, -0.2) is 0 Å². The molecular formula is C13H15F3OS. The number of hydrogen-bond acceptors (Lipinski definition) is 2. The molecule has 0 radical (unpaired) electrons. The molecule has 0 saturated carbocycles. The number of rotatable bonds is 5. The lowest BCUT2D eigenvalue weighted by molar-refractivity contribution is -0.0887. The SMILES string of the molecule is CC(C)CCSc1ccccc1C(=O)C(F)(F)F. The van der Waals surface area contributed by atoms with E-state index in [-0.39, 0.29) is 5.56 Å². The third kappa shape index (κ3) is 4.37. The molecule has 0 N–H and O–H groups in total. The second-order valence-corrected chi connectivity index (χ2v) is 5.49. The Labute approximate surface area is 109 Å².